The average molecular weight is 887 g/mol. The van der Waals surface area contributed by atoms with Crippen LogP contribution in [0.4, 0.5) is 0 Å². The molecule has 0 aromatic heterocycles. The molecule has 0 aliphatic rings. The van der Waals surface area contributed by atoms with Crippen molar-refractivity contribution >= 4 is 23.8 Å². The Bertz CT molecular complexity index is 1580. The van der Waals surface area contributed by atoms with Gasteiger partial charge in [-0.2, -0.15) is 0 Å². The summed E-state index contributed by atoms with van der Waals surface area (Å²) in [5.74, 6) is -2.61. The molecule has 14 nitrogen and oxygen atoms in total. The first-order chi connectivity index (χ1) is 29.7. The van der Waals surface area contributed by atoms with E-state index in [1.165, 1.54) is 0 Å². The highest BCUT2D eigenvalue weighted by Crippen LogP contribution is 2.28. The molecule has 358 valence electrons. The highest BCUT2D eigenvalue weighted by Gasteiger charge is 2.29. The third-order valence-corrected chi connectivity index (χ3v) is 12.0. The molecule has 0 saturated heterocycles. The van der Waals surface area contributed by atoms with Gasteiger partial charge in [-0.3, -0.25) is 19.2 Å². The molecule has 2 aromatic rings. The molecule has 6 unspecified atom stereocenters. The Balaban J connectivity index is 0.000000630. The highest BCUT2D eigenvalue weighted by atomic mass is 16.4. The fraction of sp³-hybridized carbons (Fsp3) is 0.673. The van der Waals surface area contributed by atoms with Gasteiger partial charge in [0.15, 0.2) is 0 Å². The Morgan fingerprint density at radius 3 is 1.25 bits per heavy atom. The number of carboxylic acids is 2. The Morgan fingerprint density at radius 2 is 0.937 bits per heavy atom. The molecule has 0 fully saturated rings. The van der Waals surface area contributed by atoms with Crippen molar-refractivity contribution in [1.82, 2.24) is 21.3 Å². The summed E-state index contributed by atoms with van der Waals surface area (Å²) in [5, 5.41) is 69.6. The van der Waals surface area contributed by atoms with Gasteiger partial charge in [-0.25, -0.2) is 0 Å². The number of hydrogen-bond acceptors (Lipinski definition) is 10. The molecule has 2 rings (SSSR count). The van der Waals surface area contributed by atoms with Crippen LogP contribution in [0.5, 0.6) is 0 Å². The number of hydrogen-bond donors (Lipinski definition) is 10. The summed E-state index contributed by atoms with van der Waals surface area (Å²) in [7, 11) is 0. The number of benzene rings is 2. The van der Waals surface area contributed by atoms with Crippen LogP contribution < -0.4 is 21.3 Å². The van der Waals surface area contributed by atoms with Crippen LogP contribution in [0.1, 0.15) is 149 Å². The van der Waals surface area contributed by atoms with E-state index in [4.69, 9.17) is 10.2 Å². The Labute approximate surface area is 377 Å². The van der Waals surface area contributed by atoms with Crippen molar-refractivity contribution in [2.24, 2.45) is 10.8 Å². The molecule has 10 N–H and O–H groups in total. The third-order valence-electron chi connectivity index (χ3n) is 12.0. The van der Waals surface area contributed by atoms with Crippen molar-refractivity contribution in [3.05, 3.63) is 71.8 Å². The minimum atomic E-state index is -1.06. The van der Waals surface area contributed by atoms with E-state index >= 15 is 0 Å². The zero-order valence-electron chi connectivity index (χ0n) is 39.3. The Kier molecular flexibility index (Phi) is 27.4. The fourth-order valence-electron chi connectivity index (χ4n) is 7.51. The molecular formula is C49H82N4O10. The molecule has 2 aromatic carbocycles. The monoisotopic (exact) mass is 887 g/mol. The number of nitrogens with one attached hydrogen (secondary N) is 4. The maximum absolute atomic E-state index is 12.8. The SMILES string of the molecule is CCC(CC(O)C(C)NC(=O)[C@H](CC(=O)O)NCCC(C)(C)CCCO)c1ccccc1.CCC(CC(O)C(C)NC(=O)[C@H](CC(=O)O)NCCC(C)(C)CCO)c1ccccc1. The molecule has 2 amide bonds. The number of aliphatic hydroxyl groups is 4. The van der Waals surface area contributed by atoms with E-state index in [1.807, 2.05) is 74.5 Å². The molecule has 0 aliphatic carbocycles. The summed E-state index contributed by atoms with van der Waals surface area (Å²) >= 11 is 0. The minimum Gasteiger partial charge on any atom is -0.481 e. The molecule has 0 saturated carbocycles. The van der Waals surface area contributed by atoms with E-state index in [9.17, 15) is 39.6 Å². The largest absolute Gasteiger partial charge is 0.481 e. The molecular weight excluding hydrogens is 805 g/mol. The maximum Gasteiger partial charge on any atom is 0.305 e. The molecule has 0 bridgehead atoms. The number of amides is 2. The number of carbonyl (C=O) groups is 4. The molecule has 8 atom stereocenters. The van der Waals surface area contributed by atoms with Crippen LogP contribution in [-0.2, 0) is 19.2 Å². The second kappa shape index (κ2) is 30.3. The van der Waals surface area contributed by atoms with Gasteiger partial charge >= 0.3 is 11.9 Å². The van der Waals surface area contributed by atoms with E-state index < -0.39 is 60.1 Å². The van der Waals surface area contributed by atoms with Gasteiger partial charge < -0.3 is 51.9 Å². The predicted molar refractivity (Wildman–Crippen MR) is 248 cm³/mol. The zero-order valence-corrected chi connectivity index (χ0v) is 39.3. The first-order valence-electron chi connectivity index (χ1n) is 22.9. The Hall–Kier alpha value is -3.92. The van der Waals surface area contributed by atoms with Crippen LogP contribution in [0, 0.1) is 10.8 Å². The lowest BCUT2D eigenvalue weighted by molar-refractivity contribution is -0.140. The second-order valence-electron chi connectivity index (χ2n) is 18.6. The van der Waals surface area contributed by atoms with Crippen LogP contribution in [0.15, 0.2) is 60.7 Å². The lowest BCUT2D eigenvalue weighted by Crippen LogP contribution is -2.51. The van der Waals surface area contributed by atoms with Crippen LogP contribution in [-0.4, -0.2) is 117 Å². The number of aliphatic hydroxyl groups excluding tert-OH is 4. The third kappa shape index (κ3) is 24.1. The number of carboxylic acid groups (broad SMARTS) is 2. The molecule has 0 aliphatic heterocycles. The fourth-order valence-corrected chi connectivity index (χ4v) is 7.51. The van der Waals surface area contributed by atoms with Crippen molar-refractivity contribution < 1.29 is 49.8 Å². The lowest BCUT2D eigenvalue weighted by Gasteiger charge is -2.28. The smallest absolute Gasteiger partial charge is 0.305 e. The van der Waals surface area contributed by atoms with Crippen LogP contribution >= 0.6 is 0 Å². The normalized spacial score (nSPS) is 15.6. The summed E-state index contributed by atoms with van der Waals surface area (Å²) in [6.07, 6.45) is 4.26. The zero-order chi connectivity index (χ0) is 47.6. The summed E-state index contributed by atoms with van der Waals surface area (Å²) in [4.78, 5) is 48.0. The average Bonchev–Trinajstić information content (AvgIpc) is 3.23. The van der Waals surface area contributed by atoms with E-state index in [2.05, 4.69) is 49.0 Å². The second-order valence-corrected chi connectivity index (χ2v) is 18.6. The van der Waals surface area contributed by atoms with Gasteiger partial charge in [-0.05, 0) is 119 Å². The summed E-state index contributed by atoms with van der Waals surface area (Å²) < 4.78 is 0. The van der Waals surface area contributed by atoms with Gasteiger partial charge in [0, 0.05) is 13.2 Å². The lowest BCUT2D eigenvalue weighted by atomic mass is 9.84. The number of rotatable bonds is 31. The number of aliphatic carboxylic acids is 2. The van der Waals surface area contributed by atoms with Crippen LogP contribution in [0.2, 0.25) is 0 Å². The van der Waals surface area contributed by atoms with E-state index in [-0.39, 0.29) is 48.7 Å². The summed E-state index contributed by atoms with van der Waals surface area (Å²) in [6, 6.07) is 17.2. The van der Waals surface area contributed by atoms with Crippen LogP contribution in [0.25, 0.3) is 0 Å². The predicted octanol–water partition coefficient (Wildman–Crippen LogP) is 5.73. The first kappa shape index (κ1) is 57.1. The van der Waals surface area contributed by atoms with Crippen molar-refractivity contribution in [3.8, 4) is 0 Å². The maximum atomic E-state index is 12.8. The van der Waals surface area contributed by atoms with Crippen molar-refractivity contribution in [1.29, 1.82) is 0 Å². The van der Waals surface area contributed by atoms with Gasteiger partial charge in [0.2, 0.25) is 11.8 Å². The van der Waals surface area contributed by atoms with E-state index in [1.54, 1.807) is 13.8 Å². The van der Waals surface area contributed by atoms with Gasteiger partial charge in [0.05, 0.1) is 49.2 Å². The van der Waals surface area contributed by atoms with E-state index in [0.717, 1.165) is 36.8 Å². The highest BCUT2D eigenvalue weighted by molar-refractivity contribution is 5.87. The van der Waals surface area contributed by atoms with Crippen molar-refractivity contribution in [2.45, 2.75) is 174 Å². The molecule has 0 heterocycles. The molecule has 14 heteroatoms. The molecule has 0 radical (unpaired) electrons. The van der Waals surface area contributed by atoms with Crippen molar-refractivity contribution in [2.75, 3.05) is 26.3 Å². The standard InChI is InChI=1S/C25H42N2O5.C24H40N2O5/c1-5-19(20-10-7-6-8-11-20)16-22(29)18(2)27-24(32)21(17-23(30)31)26-14-13-25(3,4)12-9-15-28;1-5-18(19-9-7-6-8-10-19)15-21(28)17(2)26-23(31)20(16-22(29)30)25-13-11-24(3,4)12-14-27/h6-8,10-11,18-19,21-22,26,28-29H,5,9,12-17H2,1-4H3,(H,27,32)(H,30,31);6-10,17-18,20-21,25,27-28H,5,11-16H2,1-4H3,(H,26,31)(H,29,30)/t18?,19?,21-,22?;17?,18?,20-,21?/m00/s1. The quantitative estimate of drug-likeness (QED) is 0.0438. The van der Waals surface area contributed by atoms with Gasteiger partial charge in [-0.1, -0.05) is 102 Å². The minimum absolute atomic E-state index is 0.0178. The van der Waals surface area contributed by atoms with E-state index in [0.29, 0.717) is 45.2 Å². The van der Waals surface area contributed by atoms with Gasteiger partial charge in [0.1, 0.15) is 0 Å². The van der Waals surface area contributed by atoms with Crippen molar-refractivity contribution in [3.63, 3.8) is 0 Å². The topological polar surface area (TPSA) is 238 Å². The summed E-state index contributed by atoms with van der Waals surface area (Å²) in [5.41, 5.74) is 2.18. The first-order valence-corrected chi connectivity index (χ1v) is 22.9. The number of carbonyl (C=O) groups excluding carboxylic acids is 2. The van der Waals surface area contributed by atoms with Gasteiger partial charge in [-0.15, -0.1) is 0 Å². The molecule has 63 heavy (non-hydrogen) atoms. The summed E-state index contributed by atoms with van der Waals surface area (Å²) in [6.45, 7) is 17.0. The van der Waals surface area contributed by atoms with Crippen LogP contribution in [0.3, 0.4) is 0 Å². The molecule has 0 spiro atoms. The van der Waals surface area contributed by atoms with Gasteiger partial charge in [0.25, 0.3) is 0 Å². The Morgan fingerprint density at radius 1 is 0.571 bits per heavy atom.